The molecule has 1 saturated heterocycles. The maximum absolute atomic E-state index is 12.1. The van der Waals surface area contributed by atoms with E-state index in [1.54, 1.807) is 16.7 Å². The monoisotopic (exact) mass is 337 g/mol. The Hall–Kier alpha value is -2.24. The molecule has 1 atom stereocenters. The SMILES string of the molecule is O=c1cc(CN2CCC[C@@H]2/C=C/c2ccccc2)nc2sccn12. The molecule has 3 heterocycles. The van der Waals surface area contributed by atoms with Crippen molar-refractivity contribution in [3.05, 3.63) is 75.7 Å². The Labute approximate surface area is 144 Å². The summed E-state index contributed by atoms with van der Waals surface area (Å²) in [7, 11) is 0. The zero-order valence-corrected chi connectivity index (χ0v) is 14.2. The maximum atomic E-state index is 12.1. The van der Waals surface area contributed by atoms with Crippen LogP contribution in [0.3, 0.4) is 0 Å². The molecule has 0 aliphatic carbocycles. The first kappa shape index (κ1) is 15.3. The zero-order valence-electron chi connectivity index (χ0n) is 13.3. The summed E-state index contributed by atoms with van der Waals surface area (Å²) < 4.78 is 1.60. The van der Waals surface area contributed by atoms with Crippen molar-refractivity contribution in [3.63, 3.8) is 0 Å². The molecule has 1 aromatic carbocycles. The van der Waals surface area contributed by atoms with Crippen LogP contribution in [0.15, 0.2) is 58.8 Å². The summed E-state index contributed by atoms with van der Waals surface area (Å²) in [5.41, 5.74) is 2.09. The van der Waals surface area contributed by atoms with E-state index in [0.29, 0.717) is 6.04 Å². The summed E-state index contributed by atoms with van der Waals surface area (Å²) in [6, 6.07) is 12.4. The summed E-state index contributed by atoms with van der Waals surface area (Å²) >= 11 is 1.50. The lowest BCUT2D eigenvalue weighted by atomic mass is 10.1. The molecular weight excluding hydrogens is 318 g/mol. The Morgan fingerprint density at radius 1 is 1.29 bits per heavy atom. The fourth-order valence-electron chi connectivity index (χ4n) is 3.23. The van der Waals surface area contributed by atoms with Crippen molar-refractivity contribution >= 4 is 22.4 Å². The molecule has 0 spiro atoms. The Kier molecular flexibility index (Phi) is 4.28. The van der Waals surface area contributed by atoms with Gasteiger partial charge in [0.1, 0.15) is 0 Å². The molecule has 3 aromatic rings. The molecule has 4 nitrogen and oxygen atoms in total. The number of nitrogens with zero attached hydrogens (tertiary/aromatic N) is 3. The molecule has 1 aliphatic rings. The second-order valence-corrected chi connectivity index (χ2v) is 6.96. The number of aromatic nitrogens is 2. The van der Waals surface area contributed by atoms with Gasteiger partial charge in [-0.2, -0.15) is 0 Å². The summed E-state index contributed by atoms with van der Waals surface area (Å²) in [6.45, 7) is 1.78. The van der Waals surface area contributed by atoms with Crippen LogP contribution >= 0.6 is 11.3 Å². The molecule has 1 fully saturated rings. The van der Waals surface area contributed by atoms with Gasteiger partial charge in [0.2, 0.25) is 0 Å². The lowest BCUT2D eigenvalue weighted by Gasteiger charge is -2.21. The summed E-state index contributed by atoms with van der Waals surface area (Å²) in [6.07, 6.45) is 8.58. The summed E-state index contributed by atoms with van der Waals surface area (Å²) in [5.74, 6) is 0. The van der Waals surface area contributed by atoms with E-state index in [9.17, 15) is 4.79 Å². The van der Waals surface area contributed by atoms with Gasteiger partial charge in [-0.3, -0.25) is 14.1 Å². The van der Waals surface area contributed by atoms with Crippen LogP contribution in [-0.2, 0) is 6.54 Å². The first-order chi connectivity index (χ1) is 11.8. The highest BCUT2D eigenvalue weighted by Crippen LogP contribution is 2.21. The molecule has 5 heteroatoms. The van der Waals surface area contributed by atoms with E-state index >= 15 is 0 Å². The largest absolute Gasteiger partial charge is 0.291 e. The predicted molar refractivity (Wildman–Crippen MR) is 98.2 cm³/mol. The molecule has 0 amide bonds. The van der Waals surface area contributed by atoms with Crippen molar-refractivity contribution in [2.45, 2.75) is 25.4 Å². The Bertz CT molecular complexity index is 913. The first-order valence-electron chi connectivity index (χ1n) is 8.23. The number of hydrogen-bond donors (Lipinski definition) is 0. The molecule has 0 bridgehead atoms. The fraction of sp³-hybridized carbons (Fsp3) is 0.263. The van der Waals surface area contributed by atoms with Crippen molar-refractivity contribution in [1.29, 1.82) is 0 Å². The van der Waals surface area contributed by atoms with E-state index in [1.165, 1.54) is 23.3 Å². The third-order valence-electron chi connectivity index (χ3n) is 4.45. The van der Waals surface area contributed by atoms with Crippen LogP contribution in [0.1, 0.15) is 24.1 Å². The fourth-order valence-corrected chi connectivity index (χ4v) is 3.97. The molecule has 2 aromatic heterocycles. The number of likely N-dealkylation sites (tertiary alicyclic amines) is 1. The van der Waals surface area contributed by atoms with Crippen molar-refractivity contribution < 1.29 is 0 Å². The Balaban J connectivity index is 1.52. The second-order valence-electron chi connectivity index (χ2n) is 6.09. The second kappa shape index (κ2) is 6.71. The minimum Gasteiger partial charge on any atom is -0.291 e. The minimum absolute atomic E-state index is 0.00632. The Morgan fingerprint density at radius 3 is 3.04 bits per heavy atom. The van der Waals surface area contributed by atoms with Gasteiger partial charge in [0.05, 0.1) is 5.69 Å². The van der Waals surface area contributed by atoms with E-state index in [4.69, 9.17) is 0 Å². The van der Waals surface area contributed by atoms with Gasteiger partial charge in [0.15, 0.2) is 4.96 Å². The van der Waals surface area contributed by atoms with Gasteiger partial charge >= 0.3 is 0 Å². The van der Waals surface area contributed by atoms with Gasteiger partial charge in [0, 0.05) is 30.2 Å². The Morgan fingerprint density at radius 2 is 2.17 bits per heavy atom. The molecule has 24 heavy (non-hydrogen) atoms. The first-order valence-corrected chi connectivity index (χ1v) is 9.11. The van der Waals surface area contributed by atoms with E-state index in [0.717, 1.165) is 30.2 Å². The highest BCUT2D eigenvalue weighted by Gasteiger charge is 2.22. The summed E-state index contributed by atoms with van der Waals surface area (Å²) in [5, 5.41) is 1.90. The molecule has 0 radical (unpaired) electrons. The van der Waals surface area contributed by atoms with Gasteiger partial charge in [-0.1, -0.05) is 42.5 Å². The average molecular weight is 337 g/mol. The number of benzene rings is 1. The molecular formula is C19H19N3OS. The third kappa shape index (κ3) is 3.18. The van der Waals surface area contributed by atoms with Gasteiger partial charge in [-0.25, -0.2) is 4.98 Å². The van der Waals surface area contributed by atoms with Crippen LogP contribution in [0.2, 0.25) is 0 Å². The lowest BCUT2D eigenvalue weighted by molar-refractivity contribution is 0.279. The number of fused-ring (bicyclic) bond motifs is 1. The molecule has 4 rings (SSSR count). The van der Waals surface area contributed by atoms with Crippen LogP contribution < -0.4 is 5.56 Å². The van der Waals surface area contributed by atoms with Crippen molar-refractivity contribution in [1.82, 2.24) is 14.3 Å². The van der Waals surface area contributed by atoms with Crippen LogP contribution in [0, 0.1) is 0 Å². The van der Waals surface area contributed by atoms with E-state index in [2.05, 4.69) is 46.3 Å². The van der Waals surface area contributed by atoms with E-state index < -0.39 is 0 Å². The van der Waals surface area contributed by atoms with Crippen LogP contribution in [0.25, 0.3) is 11.0 Å². The van der Waals surface area contributed by atoms with Crippen molar-refractivity contribution in [2.24, 2.45) is 0 Å². The van der Waals surface area contributed by atoms with E-state index in [-0.39, 0.29) is 5.56 Å². The lowest BCUT2D eigenvalue weighted by Crippen LogP contribution is -2.28. The number of thiazole rings is 1. The maximum Gasteiger partial charge on any atom is 0.258 e. The quantitative estimate of drug-likeness (QED) is 0.732. The number of hydrogen-bond acceptors (Lipinski definition) is 4. The predicted octanol–water partition coefficient (Wildman–Crippen LogP) is 3.43. The van der Waals surface area contributed by atoms with Crippen LogP contribution in [0.4, 0.5) is 0 Å². The summed E-state index contributed by atoms with van der Waals surface area (Å²) in [4.78, 5) is 19.9. The zero-order chi connectivity index (χ0) is 16.4. The molecule has 0 unspecified atom stereocenters. The topological polar surface area (TPSA) is 37.6 Å². The molecule has 0 N–H and O–H groups in total. The third-order valence-corrected chi connectivity index (χ3v) is 5.20. The number of rotatable bonds is 4. The highest BCUT2D eigenvalue weighted by atomic mass is 32.1. The molecule has 0 saturated carbocycles. The molecule has 122 valence electrons. The van der Waals surface area contributed by atoms with Crippen molar-refractivity contribution in [3.8, 4) is 0 Å². The van der Waals surface area contributed by atoms with E-state index in [1.807, 2.05) is 11.4 Å². The van der Waals surface area contributed by atoms with Gasteiger partial charge < -0.3 is 0 Å². The standard InChI is InChI=1S/C19H19N3OS/c23-18-13-16(20-19-22(18)11-12-24-19)14-21-10-4-7-17(21)9-8-15-5-2-1-3-6-15/h1-3,5-6,8-9,11-13,17H,4,7,10,14H2/b9-8+/t17-/m1/s1. The minimum atomic E-state index is 0.00632. The van der Waals surface area contributed by atoms with Crippen molar-refractivity contribution in [2.75, 3.05) is 6.54 Å². The smallest absolute Gasteiger partial charge is 0.258 e. The van der Waals surface area contributed by atoms with Gasteiger partial charge in [-0.05, 0) is 24.9 Å². The molecule has 1 aliphatic heterocycles. The van der Waals surface area contributed by atoms with Gasteiger partial charge in [-0.15, -0.1) is 11.3 Å². The van der Waals surface area contributed by atoms with Crippen LogP contribution in [0.5, 0.6) is 0 Å². The highest BCUT2D eigenvalue weighted by molar-refractivity contribution is 7.15. The van der Waals surface area contributed by atoms with Crippen LogP contribution in [-0.4, -0.2) is 26.9 Å². The normalized spacial score (nSPS) is 18.8. The van der Waals surface area contributed by atoms with Gasteiger partial charge in [0.25, 0.3) is 5.56 Å². The average Bonchev–Trinajstić information content (AvgIpc) is 3.23.